The highest BCUT2D eigenvalue weighted by Crippen LogP contribution is 2.41. The highest BCUT2D eigenvalue weighted by molar-refractivity contribution is 6.29. The number of piperazine rings is 1. The van der Waals surface area contributed by atoms with Crippen LogP contribution in [0.2, 0.25) is 0 Å². The number of ketones is 2. The molecule has 14 nitrogen and oxygen atoms in total. The molecule has 56 heavy (non-hydrogen) atoms. The number of carbonyl (C=O) groups excluding carboxylic acids is 4. The molecular weight excluding hydrogens is 716 g/mol. The molecule has 2 unspecified atom stereocenters. The van der Waals surface area contributed by atoms with Gasteiger partial charge in [0.1, 0.15) is 29.7 Å². The van der Waals surface area contributed by atoms with Crippen LogP contribution in [-0.2, 0) is 23.2 Å². The fourth-order valence-electron chi connectivity index (χ4n) is 8.15. The molecule has 0 saturated carbocycles. The summed E-state index contributed by atoms with van der Waals surface area (Å²) in [6.45, 7) is 8.10. The number of nitrogens with zero attached hydrogens (tertiary/aromatic N) is 5. The minimum Gasteiger partial charge on any atom is -0.496 e. The van der Waals surface area contributed by atoms with Crippen molar-refractivity contribution in [1.82, 2.24) is 24.7 Å². The van der Waals surface area contributed by atoms with E-state index < -0.39 is 40.8 Å². The molecule has 4 heterocycles. The van der Waals surface area contributed by atoms with Crippen molar-refractivity contribution in [2.24, 2.45) is 18.9 Å². The summed E-state index contributed by atoms with van der Waals surface area (Å²) in [5, 5.41) is 3.59. The van der Waals surface area contributed by atoms with Crippen LogP contribution in [0.3, 0.4) is 0 Å². The number of nitrogens with one attached hydrogen (secondary N) is 1. The Kier molecular flexibility index (Phi) is 10.5. The molecule has 3 aliphatic rings. The molecule has 0 bridgehead atoms. The highest BCUT2D eigenvalue weighted by Gasteiger charge is 2.49. The lowest BCUT2D eigenvalue weighted by atomic mass is 9.82. The lowest BCUT2D eigenvalue weighted by Gasteiger charge is -2.44. The van der Waals surface area contributed by atoms with Gasteiger partial charge >= 0.3 is 0 Å². The summed E-state index contributed by atoms with van der Waals surface area (Å²) in [4.78, 5) is 75.5. The number of hydrogen-bond donors (Lipinski definition) is 1. The van der Waals surface area contributed by atoms with Crippen molar-refractivity contribution in [2.45, 2.75) is 38.8 Å². The van der Waals surface area contributed by atoms with E-state index in [4.69, 9.17) is 14.2 Å². The first-order valence-electron chi connectivity index (χ1n) is 18.8. The van der Waals surface area contributed by atoms with Crippen LogP contribution in [0.1, 0.15) is 53.0 Å². The highest BCUT2D eigenvalue weighted by atomic mass is 16.5. The van der Waals surface area contributed by atoms with E-state index in [1.807, 2.05) is 43.4 Å². The topological polar surface area (TPSA) is 153 Å². The number of benzene rings is 2. The second-order valence-electron chi connectivity index (χ2n) is 15.6. The minimum absolute atomic E-state index is 0.0916. The molecule has 2 fully saturated rings. The van der Waals surface area contributed by atoms with Crippen LogP contribution in [0, 0.1) is 11.8 Å². The van der Waals surface area contributed by atoms with Crippen molar-refractivity contribution in [3.05, 3.63) is 75.8 Å². The normalized spacial score (nSPS) is 19.3. The van der Waals surface area contributed by atoms with E-state index in [0.29, 0.717) is 29.2 Å². The maximum absolute atomic E-state index is 13.6. The van der Waals surface area contributed by atoms with Gasteiger partial charge < -0.3 is 23.7 Å². The van der Waals surface area contributed by atoms with Crippen LogP contribution in [-0.4, -0.2) is 109 Å². The van der Waals surface area contributed by atoms with Crippen LogP contribution in [0.25, 0.3) is 21.9 Å². The number of Topliss-reactive ketones (excluding diaryl/α,β-unsaturated/α-hetero) is 2. The van der Waals surface area contributed by atoms with Crippen LogP contribution >= 0.6 is 0 Å². The van der Waals surface area contributed by atoms with Gasteiger partial charge in [0.25, 0.3) is 5.56 Å². The summed E-state index contributed by atoms with van der Waals surface area (Å²) < 4.78 is 19.8. The number of hydrogen-bond acceptors (Lipinski definition) is 12. The first-order valence-corrected chi connectivity index (χ1v) is 18.8. The second-order valence-corrected chi connectivity index (χ2v) is 15.6. The zero-order valence-electron chi connectivity index (χ0n) is 32.9. The van der Waals surface area contributed by atoms with E-state index in [1.165, 1.54) is 0 Å². The average Bonchev–Trinajstić information content (AvgIpc) is 3.44. The largest absolute Gasteiger partial charge is 0.496 e. The average molecular weight is 765 g/mol. The van der Waals surface area contributed by atoms with Crippen molar-refractivity contribution in [2.75, 3.05) is 66.0 Å². The van der Waals surface area contributed by atoms with Crippen LogP contribution in [0.4, 0.5) is 5.82 Å². The summed E-state index contributed by atoms with van der Waals surface area (Å²) in [5.74, 6) is -1.41. The molecule has 2 atom stereocenters. The Bertz CT molecular complexity index is 2280. The van der Waals surface area contributed by atoms with E-state index >= 15 is 0 Å². The van der Waals surface area contributed by atoms with E-state index in [9.17, 15) is 24.0 Å². The lowest BCUT2D eigenvalue weighted by Crippen LogP contribution is -2.56. The second kappa shape index (κ2) is 15.1. The third-order valence-electron chi connectivity index (χ3n) is 11.4. The van der Waals surface area contributed by atoms with E-state index in [-0.39, 0.29) is 36.1 Å². The predicted molar refractivity (Wildman–Crippen MR) is 211 cm³/mol. The standard InChI is InChI=1S/C42H48N6O8/c1-42(2,23-56-31-10-8-9-25-36(31)39(51)37(38(25)50)26-11-12-35(49)44-40(26)52)48-15-13-47(14-16-48)22-30-32(54-6)17-24(18-33(30)55-7)29-21-46(5)41(53)28-20-43-34(45(3)4)19-27(28)29/h8-10,17-21,26,37H,11-16,22-23H2,1-7H3,(H,44,49,52). The lowest BCUT2D eigenvalue weighted by molar-refractivity contribution is -0.137. The molecule has 0 spiro atoms. The summed E-state index contributed by atoms with van der Waals surface area (Å²) in [6, 6.07) is 10.9. The fraction of sp³-hybridized carbons (Fsp3) is 0.429. The minimum atomic E-state index is -1.15. The molecule has 2 amide bonds. The summed E-state index contributed by atoms with van der Waals surface area (Å²) in [6.07, 6.45) is 3.71. The number of piperidine rings is 1. The summed E-state index contributed by atoms with van der Waals surface area (Å²) in [5.41, 5.74) is 2.56. The number of methoxy groups -OCH3 is 2. The zero-order valence-corrected chi connectivity index (χ0v) is 32.9. The van der Waals surface area contributed by atoms with Crippen molar-refractivity contribution < 1.29 is 33.4 Å². The molecule has 1 N–H and O–H groups in total. The number of aromatic nitrogens is 2. The monoisotopic (exact) mass is 764 g/mol. The Morgan fingerprint density at radius 3 is 2.23 bits per heavy atom. The molecule has 1 aliphatic carbocycles. The zero-order chi connectivity index (χ0) is 40.1. The first-order chi connectivity index (χ1) is 26.7. The Labute approximate surface area is 325 Å². The third-order valence-corrected chi connectivity index (χ3v) is 11.4. The van der Waals surface area contributed by atoms with Gasteiger partial charge in [-0.1, -0.05) is 12.1 Å². The Balaban J connectivity index is 1.04. The molecule has 2 aromatic heterocycles. The van der Waals surface area contributed by atoms with Gasteiger partial charge in [0, 0.05) is 94.7 Å². The van der Waals surface area contributed by atoms with Crippen LogP contribution < -0.4 is 30.0 Å². The number of amides is 2. The maximum atomic E-state index is 13.6. The van der Waals surface area contributed by atoms with E-state index in [2.05, 4.69) is 33.9 Å². The molecule has 14 heteroatoms. The molecule has 0 radical (unpaired) electrons. The SMILES string of the molecule is COc1cc(-c2cn(C)c(=O)c3cnc(N(C)C)cc23)cc(OC)c1CN1CCN(C(C)(C)COc2cccc3c2C(=O)C(C2CCC(=O)NC2=O)C3=O)CC1. The Morgan fingerprint density at radius 1 is 0.893 bits per heavy atom. The smallest absolute Gasteiger partial charge is 0.259 e. The van der Waals surface area contributed by atoms with Crippen molar-refractivity contribution >= 4 is 40.0 Å². The molecule has 7 rings (SSSR count). The molecule has 294 valence electrons. The molecule has 2 saturated heterocycles. The number of imide groups is 1. The number of rotatable bonds is 11. The molecule has 2 aromatic carbocycles. The van der Waals surface area contributed by atoms with E-state index in [0.717, 1.165) is 54.1 Å². The number of anilines is 1. The summed E-state index contributed by atoms with van der Waals surface area (Å²) >= 11 is 0. The quantitative estimate of drug-likeness (QED) is 0.175. The van der Waals surface area contributed by atoms with Crippen LogP contribution in [0.5, 0.6) is 17.2 Å². The first kappa shape index (κ1) is 38.7. The Morgan fingerprint density at radius 2 is 1.59 bits per heavy atom. The van der Waals surface area contributed by atoms with Gasteiger partial charge in [-0.15, -0.1) is 0 Å². The maximum Gasteiger partial charge on any atom is 0.259 e. The number of fused-ring (bicyclic) bond motifs is 2. The van der Waals surface area contributed by atoms with Crippen molar-refractivity contribution in [3.63, 3.8) is 0 Å². The number of ether oxygens (including phenoxy) is 3. The molecule has 2 aliphatic heterocycles. The van der Waals surface area contributed by atoms with Gasteiger partial charge in [-0.3, -0.25) is 39.1 Å². The van der Waals surface area contributed by atoms with Gasteiger partial charge in [0.05, 0.1) is 42.6 Å². The molecular formula is C42H48N6O8. The van der Waals surface area contributed by atoms with Gasteiger partial charge in [-0.25, -0.2) is 4.98 Å². The molecule has 4 aromatic rings. The van der Waals surface area contributed by atoms with E-state index in [1.54, 1.807) is 50.2 Å². The van der Waals surface area contributed by atoms with Gasteiger partial charge in [0.15, 0.2) is 11.6 Å². The summed E-state index contributed by atoms with van der Waals surface area (Å²) in [7, 11) is 8.86. The fourth-order valence-corrected chi connectivity index (χ4v) is 8.15. The van der Waals surface area contributed by atoms with Gasteiger partial charge in [-0.2, -0.15) is 0 Å². The predicted octanol–water partition coefficient (Wildman–Crippen LogP) is 3.71. The third kappa shape index (κ3) is 7.03. The van der Waals surface area contributed by atoms with Gasteiger partial charge in [0.2, 0.25) is 11.8 Å². The van der Waals surface area contributed by atoms with Gasteiger partial charge in [-0.05, 0) is 50.1 Å². The van der Waals surface area contributed by atoms with Crippen molar-refractivity contribution in [1.29, 1.82) is 0 Å². The number of carbonyl (C=O) groups is 4. The number of aryl methyl sites for hydroxylation is 1. The number of pyridine rings is 2. The Hall–Kier alpha value is -5.60. The van der Waals surface area contributed by atoms with Crippen molar-refractivity contribution in [3.8, 4) is 28.4 Å². The van der Waals surface area contributed by atoms with Crippen LogP contribution in [0.15, 0.2) is 53.6 Å².